The molecule has 0 spiro atoms. The zero-order valence-electron chi connectivity index (χ0n) is 15.0. The molecule has 0 saturated carbocycles. The van der Waals surface area contributed by atoms with Crippen molar-refractivity contribution in [2.45, 2.75) is 17.4 Å². The molecule has 28 heavy (non-hydrogen) atoms. The molecule has 1 heterocycles. The molecule has 150 valence electrons. The number of halogens is 2. The molecule has 1 amide bonds. The highest BCUT2D eigenvalue weighted by Gasteiger charge is 2.31. The van der Waals surface area contributed by atoms with Gasteiger partial charge in [0.25, 0.3) is 0 Å². The third-order valence-electron chi connectivity index (χ3n) is 4.38. The van der Waals surface area contributed by atoms with Gasteiger partial charge in [-0.05, 0) is 30.2 Å². The molecule has 0 aromatic heterocycles. The van der Waals surface area contributed by atoms with Crippen LogP contribution in [0, 0.1) is 0 Å². The van der Waals surface area contributed by atoms with Crippen LogP contribution in [0.5, 0.6) is 0 Å². The summed E-state index contributed by atoms with van der Waals surface area (Å²) in [7, 11) is -4.06. The maximum Gasteiger partial charge on any atom is 0.242 e. The second kappa shape index (κ2) is 9.24. The van der Waals surface area contributed by atoms with Crippen LogP contribution in [0.2, 0.25) is 10.0 Å². The average Bonchev–Trinajstić information content (AvgIpc) is 2.70. The molecule has 1 aliphatic heterocycles. The van der Waals surface area contributed by atoms with Crippen molar-refractivity contribution in [1.29, 1.82) is 0 Å². The summed E-state index contributed by atoms with van der Waals surface area (Å²) in [6, 6.07) is 12.4. The summed E-state index contributed by atoms with van der Waals surface area (Å²) >= 11 is 12.0. The Labute approximate surface area is 174 Å². The number of morpholine rings is 1. The van der Waals surface area contributed by atoms with E-state index in [2.05, 4.69) is 4.72 Å². The third-order valence-corrected chi connectivity index (χ3v) is 6.57. The summed E-state index contributed by atoms with van der Waals surface area (Å²) in [4.78, 5) is 14.5. The van der Waals surface area contributed by atoms with Gasteiger partial charge in [-0.1, -0.05) is 53.5 Å². The number of amides is 1. The summed E-state index contributed by atoms with van der Waals surface area (Å²) in [6.45, 7) is 1.70. The maximum atomic E-state index is 13.0. The van der Waals surface area contributed by atoms with Crippen molar-refractivity contribution >= 4 is 39.1 Å². The molecule has 0 radical (unpaired) electrons. The third kappa shape index (κ3) is 5.24. The number of benzene rings is 2. The van der Waals surface area contributed by atoms with E-state index in [9.17, 15) is 13.2 Å². The van der Waals surface area contributed by atoms with E-state index in [1.54, 1.807) is 4.90 Å². The molecular weight excluding hydrogens is 423 g/mol. The summed E-state index contributed by atoms with van der Waals surface area (Å²) in [5, 5.41) is 0.276. The SMILES string of the molecule is O=C([C@@H](Cc1ccccc1)NS(=O)(=O)c1cc(Cl)ccc1Cl)N1CCOCC1. The normalized spacial score (nSPS) is 16.0. The van der Waals surface area contributed by atoms with Crippen molar-refractivity contribution in [2.75, 3.05) is 26.3 Å². The molecule has 2 aromatic carbocycles. The predicted molar refractivity (Wildman–Crippen MR) is 108 cm³/mol. The second-order valence-electron chi connectivity index (χ2n) is 6.38. The Bertz CT molecular complexity index is 932. The van der Waals surface area contributed by atoms with E-state index in [1.165, 1.54) is 18.2 Å². The smallest absolute Gasteiger partial charge is 0.242 e. The Morgan fingerprint density at radius 1 is 1.11 bits per heavy atom. The van der Waals surface area contributed by atoms with Crippen molar-refractivity contribution in [3.05, 3.63) is 64.1 Å². The van der Waals surface area contributed by atoms with Crippen molar-refractivity contribution in [3.63, 3.8) is 0 Å². The summed E-state index contributed by atoms with van der Waals surface area (Å²) < 4.78 is 33.7. The van der Waals surface area contributed by atoms with Crippen molar-refractivity contribution in [3.8, 4) is 0 Å². The fourth-order valence-electron chi connectivity index (χ4n) is 2.97. The Hall–Kier alpha value is -1.64. The largest absolute Gasteiger partial charge is 0.378 e. The van der Waals surface area contributed by atoms with Gasteiger partial charge < -0.3 is 9.64 Å². The van der Waals surface area contributed by atoms with Crippen LogP contribution in [0.25, 0.3) is 0 Å². The van der Waals surface area contributed by atoms with E-state index in [-0.39, 0.29) is 27.3 Å². The fourth-order valence-corrected chi connectivity index (χ4v) is 4.92. The standard InChI is InChI=1S/C19H20Cl2N2O4S/c20-15-6-7-16(21)18(13-15)28(25,26)22-17(12-14-4-2-1-3-5-14)19(24)23-8-10-27-11-9-23/h1-7,13,17,22H,8-12H2/t17-/m1/s1. The van der Waals surface area contributed by atoms with Gasteiger partial charge >= 0.3 is 0 Å². The predicted octanol–water partition coefficient (Wildman–Crippen LogP) is 2.74. The minimum absolute atomic E-state index is 0.0363. The van der Waals surface area contributed by atoms with Crippen LogP contribution in [0.15, 0.2) is 53.4 Å². The Morgan fingerprint density at radius 3 is 2.46 bits per heavy atom. The molecule has 6 nitrogen and oxygen atoms in total. The van der Waals surface area contributed by atoms with Gasteiger partial charge in [-0.15, -0.1) is 0 Å². The number of sulfonamides is 1. The van der Waals surface area contributed by atoms with Gasteiger partial charge in [-0.25, -0.2) is 8.42 Å². The highest BCUT2D eigenvalue weighted by atomic mass is 35.5. The van der Waals surface area contributed by atoms with Gasteiger partial charge in [0.05, 0.1) is 18.2 Å². The lowest BCUT2D eigenvalue weighted by Gasteiger charge is -2.30. The van der Waals surface area contributed by atoms with E-state index in [4.69, 9.17) is 27.9 Å². The van der Waals surface area contributed by atoms with Crippen molar-refractivity contribution in [2.24, 2.45) is 0 Å². The highest BCUT2D eigenvalue weighted by molar-refractivity contribution is 7.89. The summed E-state index contributed by atoms with van der Waals surface area (Å²) in [6.07, 6.45) is 0.217. The summed E-state index contributed by atoms with van der Waals surface area (Å²) in [5.41, 5.74) is 0.842. The number of nitrogens with one attached hydrogen (secondary N) is 1. The second-order valence-corrected chi connectivity index (χ2v) is 8.90. The lowest BCUT2D eigenvalue weighted by atomic mass is 10.1. The number of carbonyl (C=O) groups excluding carboxylic acids is 1. The Balaban J connectivity index is 1.89. The molecular formula is C19H20Cl2N2O4S. The number of ether oxygens (including phenoxy) is 1. The van der Waals surface area contributed by atoms with Crippen LogP contribution in [0.1, 0.15) is 5.56 Å². The first-order valence-corrected chi connectivity index (χ1v) is 11.0. The Morgan fingerprint density at radius 2 is 1.79 bits per heavy atom. The van der Waals surface area contributed by atoms with E-state index >= 15 is 0 Å². The molecule has 1 N–H and O–H groups in total. The number of hydrogen-bond donors (Lipinski definition) is 1. The maximum absolute atomic E-state index is 13.0. The first kappa shape index (κ1) is 21.1. The van der Waals surface area contributed by atoms with E-state index in [0.29, 0.717) is 26.3 Å². The molecule has 1 atom stereocenters. The van der Waals surface area contributed by atoms with Gasteiger partial charge in [0.15, 0.2) is 0 Å². The number of nitrogens with zero attached hydrogens (tertiary/aromatic N) is 1. The molecule has 0 unspecified atom stereocenters. The van der Waals surface area contributed by atoms with Crippen LogP contribution in [-0.2, 0) is 26.0 Å². The van der Waals surface area contributed by atoms with Gasteiger partial charge in [0.1, 0.15) is 10.9 Å². The lowest BCUT2D eigenvalue weighted by Crippen LogP contribution is -2.52. The minimum Gasteiger partial charge on any atom is -0.378 e. The van der Waals surface area contributed by atoms with E-state index in [1.807, 2.05) is 30.3 Å². The lowest BCUT2D eigenvalue weighted by molar-refractivity contribution is -0.137. The topological polar surface area (TPSA) is 75.7 Å². The minimum atomic E-state index is -4.06. The van der Waals surface area contributed by atoms with Crippen LogP contribution in [-0.4, -0.2) is 51.6 Å². The average molecular weight is 443 g/mol. The Kier molecular flexibility index (Phi) is 6.95. The number of carbonyl (C=O) groups is 1. The molecule has 9 heteroatoms. The van der Waals surface area contributed by atoms with Gasteiger partial charge in [0, 0.05) is 18.1 Å². The molecule has 0 bridgehead atoms. The van der Waals surface area contributed by atoms with Crippen LogP contribution in [0.4, 0.5) is 0 Å². The first-order chi connectivity index (χ1) is 13.4. The van der Waals surface area contributed by atoms with Crippen molar-refractivity contribution < 1.29 is 17.9 Å². The summed E-state index contributed by atoms with van der Waals surface area (Å²) in [5.74, 6) is -0.297. The molecule has 1 fully saturated rings. The van der Waals surface area contributed by atoms with E-state index < -0.39 is 16.1 Å². The molecule has 2 aromatic rings. The quantitative estimate of drug-likeness (QED) is 0.745. The molecule has 1 saturated heterocycles. The fraction of sp³-hybridized carbons (Fsp3) is 0.316. The van der Waals surface area contributed by atoms with Gasteiger partial charge in [0.2, 0.25) is 15.9 Å². The molecule has 1 aliphatic rings. The molecule has 3 rings (SSSR count). The highest BCUT2D eigenvalue weighted by Crippen LogP contribution is 2.25. The first-order valence-electron chi connectivity index (χ1n) is 8.74. The zero-order valence-corrected chi connectivity index (χ0v) is 17.3. The van der Waals surface area contributed by atoms with E-state index in [0.717, 1.165) is 5.56 Å². The van der Waals surface area contributed by atoms with Crippen LogP contribution < -0.4 is 4.72 Å². The van der Waals surface area contributed by atoms with Crippen molar-refractivity contribution in [1.82, 2.24) is 9.62 Å². The van der Waals surface area contributed by atoms with Crippen LogP contribution in [0.3, 0.4) is 0 Å². The molecule has 0 aliphatic carbocycles. The van der Waals surface area contributed by atoms with Crippen LogP contribution >= 0.6 is 23.2 Å². The van der Waals surface area contributed by atoms with Gasteiger partial charge in [-0.3, -0.25) is 4.79 Å². The monoisotopic (exact) mass is 442 g/mol. The number of rotatable bonds is 6. The zero-order chi connectivity index (χ0) is 20.1. The number of hydrogen-bond acceptors (Lipinski definition) is 4. The van der Waals surface area contributed by atoms with Gasteiger partial charge in [-0.2, -0.15) is 4.72 Å².